The predicted molar refractivity (Wildman–Crippen MR) is 76.4 cm³/mol. The molecular weight excluding hydrogens is 248 g/mol. The molecule has 1 unspecified atom stereocenters. The molecule has 2 nitrogen and oxygen atoms in total. The maximum Gasteiger partial charge on any atom is 0.106 e. The maximum atomic E-state index is 5.97. The van der Waals surface area contributed by atoms with Crippen molar-refractivity contribution in [2.24, 2.45) is 0 Å². The Hall–Kier alpha value is -1.00. The number of nitrogens with two attached hydrogens (primary N) is 1. The second-order valence-electron chi connectivity index (χ2n) is 4.16. The number of hydrogen-bond donors (Lipinski definition) is 1. The quantitative estimate of drug-likeness (QED) is 0.833. The third kappa shape index (κ3) is 2.19. The zero-order valence-electron chi connectivity index (χ0n) is 9.43. The second kappa shape index (κ2) is 4.70. The number of thiazole rings is 1. The average Bonchev–Trinajstić information content (AvgIpc) is 3.00. The van der Waals surface area contributed by atoms with E-state index in [1.807, 2.05) is 36.0 Å². The molecule has 0 amide bonds. The molecule has 2 heterocycles. The Balaban J connectivity index is 1.92. The van der Waals surface area contributed by atoms with E-state index in [1.54, 1.807) is 11.3 Å². The van der Waals surface area contributed by atoms with Crippen molar-refractivity contribution in [1.29, 1.82) is 0 Å². The lowest BCUT2D eigenvalue weighted by molar-refractivity contribution is 0.823. The van der Waals surface area contributed by atoms with Gasteiger partial charge in [0.25, 0.3) is 0 Å². The van der Waals surface area contributed by atoms with Crippen LogP contribution in [0, 0.1) is 0 Å². The third-order valence-corrected chi connectivity index (χ3v) is 5.46. The normalized spacial score (nSPS) is 19.6. The number of nitrogens with zero attached hydrogens (tertiary/aromatic N) is 1. The van der Waals surface area contributed by atoms with Gasteiger partial charge in [-0.05, 0) is 24.7 Å². The Morgan fingerprint density at radius 1 is 1.29 bits per heavy atom. The molecule has 1 aromatic heterocycles. The lowest BCUT2D eigenvalue weighted by Crippen LogP contribution is -1.91. The van der Waals surface area contributed by atoms with Gasteiger partial charge in [-0.3, -0.25) is 0 Å². The molecule has 3 rings (SSSR count). The van der Waals surface area contributed by atoms with E-state index in [0.717, 1.165) is 16.9 Å². The van der Waals surface area contributed by atoms with Crippen LogP contribution in [0.4, 0.5) is 5.69 Å². The van der Waals surface area contributed by atoms with Gasteiger partial charge in [0, 0.05) is 16.6 Å². The first-order valence-electron chi connectivity index (χ1n) is 5.76. The highest BCUT2D eigenvalue weighted by Crippen LogP contribution is 2.42. The number of benzene rings is 1. The van der Waals surface area contributed by atoms with Gasteiger partial charge in [0.1, 0.15) is 5.01 Å². The van der Waals surface area contributed by atoms with Crippen LogP contribution in [-0.4, -0.2) is 10.7 Å². The maximum absolute atomic E-state index is 5.97. The predicted octanol–water partition coefficient (Wildman–Crippen LogP) is 3.96. The van der Waals surface area contributed by atoms with Crippen molar-refractivity contribution >= 4 is 28.8 Å². The summed E-state index contributed by atoms with van der Waals surface area (Å²) < 4.78 is 0. The Morgan fingerprint density at radius 2 is 2.18 bits per heavy atom. The summed E-state index contributed by atoms with van der Waals surface area (Å²) >= 11 is 3.79. The minimum atomic E-state index is 0.610. The summed E-state index contributed by atoms with van der Waals surface area (Å²) in [5, 5.41) is 3.99. The van der Waals surface area contributed by atoms with E-state index in [4.69, 9.17) is 10.7 Å². The van der Waals surface area contributed by atoms with Crippen LogP contribution in [0.5, 0.6) is 0 Å². The number of aromatic nitrogens is 1. The van der Waals surface area contributed by atoms with E-state index in [0.29, 0.717) is 5.25 Å². The molecule has 1 aliphatic rings. The van der Waals surface area contributed by atoms with E-state index < -0.39 is 0 Å². The highest BCUT2D eigenvalue weighted by Gasteiger charge is 2.21. The van der Waals surface area contributed by atoms with E-state index in [1.165, 1.54) is 23.6 Å². The van der Waals surface area contributed by atoms with Crippen LogP contribution in [0.15, 0.2) is 29.6 Å². The summed E-state index contributed by atoms with van der Waals surface area (Å²) in [5.41, 5.74) is 8.86. The zero-order valence-corrected chi connectivity index (χ0v) is 11.1. The SMILES string of the molecule is Nc1ccccc1-c1csc(C2CCCS2)n1. The van der Waals surface area contributed by atoms with Crippen molar-refractivity contribution in [3.63, 3.8) is 0 Å². The smallest absolute Gasteiger partial charge is 0.106 e. The molecule has 0 radical (unpaired) electrons. The average molecular weight is 262 g/mol. The zero-order chi connectivity index (χ0) is 11.7. The van der Waals surface area contributed by atoms with Crippen molar-refractivity contribution in [1.82, 2.24) is 4.98 Å². The Labute approximate surface area is 109 Å². The van der Waals surface area contributed by atoms with Crippen molar-refractivity contribution < 1.29 is 0 Å². The fraction of sp³-hybridized carbons (Fsp3) is 0.308. The number of rotatable bonds is 2. The second-order valence-corrected chi connectivity index (χ2v) is 6.36. The molecule has 4 heteroatoms. The van der Waals surface area contributed by atoms with Crippen LogP contribution in [0.2, 0.25) is 0 Å². The first-order chi connectivity index (χ1) is 8.34. The summed E-state index contributed by atoms with van der Waals surface area (Å²) in [6.07, 6.45) is 2.58. The molecule has 1 atom stereocenters. The Bertz CT molecular complexity index is 516. The van der Waals surface area contributed by atoms with E-state index in [-0.39, 0.29) is 0 Å². The molecule has 0 bridgehead atoms. The van der Waals surface area contributed by atoms with Gasteiger partial charge in [-0.15, -0.1) is 11.3 Å². The molecule has 2 aromatic rings. The largest absolute Gasteiger partial charge is 0.398 e. The van der Waals surface area contributed by atoms with Crippen molar-refractivity contribution in [2.45, 2.75) is 18.1 Å². The lowest BCUT2D eigenvalue weighted by Gasteiger charge is -2.03. The minimum Gasteiger partial charge on any atom is -0.398 e. The number of anilines is 1. The van der Waals surface area contributed by atoms with E-state index in [2.05, 4.69) is 5.38 Å². The summed E-state index contributed by atoms with van der Waals surface area (Å²) in [6.45, 7) is 0. The molecule has 2 N–H and O–H groups in total. The van der Waals surface area contributed by atoms with Crippen LogP contribution in [0.3, 0.4) is 0 Å². The first kappa shape index (κ1) is 11.1. The fourth-order valence-electron chi connectivity index (χ4n) is 2.06. The van der Waals surface area contributed by atoms with E-state index in [9.17, 15) is 0 Å². The summed E-state index contributed by atoms with van der Waals surface area (Å²) in [5.74, 6) is 1.27. The molecule has 17 heavy (non-hydrogen) atoms. The monoisotopic (exact) mass is 262 g/mol. The molecule has 0 saturated carbocycles. The van der Waals surface area contributed by atoms with Gasteiger partial charge in [-0.25, -0.2) is 4.98 Å². The third-order valence-electron chi connectivity index (χ3n) is 2.96. The minimum absolute atomic E-state index is 0.610. The van der Waals surface area contributed by atoms with Gasteiger partial charge in [0.2, 0.25) is 0 Å². The van der Waals surface area contributed by atoms with Crippen LogP contribution < -0.4 is 5.73 Å². The lowest BCUT2D eigenvalue weighted by atomic mass is 10.1. The summed E-state index contributed by atoms with van der Waals surface area (Å²) in [7, 11) is 0. The summed E-state index contributed by atoms with van der Waals surface area (Å²) in [6, 6.07) is 7.93. The molecule has 88 valence electrons. The first-order valence-corrected chi connectivity index (χ1v) is 7.69. The molecular formula is C13H14N2S2. The Kier molecular flexibility index (Phi) is 3.07. The van der Waals surface area contributed by atoms with Gasteiger partial charge in [-0.1, -0.05) is 18.2 Å². The highest BCUT2D eigenvalue weighted by atomic mass is 32.2. The number of thioether (sulfide) groups is 1. The Morgan fingerprint density at radius 3 is 2.94 bits per heavy atom. The highest BCUT2D eigenvalue weighted by molar-refractivity contribution is 7.99. The van der Waals surface area contributed by atoms with Gasteiger partial charge >= 0.3 is 0 Å². The molecule has 1 saturated heterocycles. The van der Waals surface area contributed by atoms with Crippen molar-refractivity contribution in [3.05, 3.63) is 34.7 Å². The van der Waals surface area contributed by atoms with Crippen LogP contribution in [0.1, 0.15) is 23.1 Å². The number of hydrogen-bond acceptors (Lipinski definition) is 4. The summed E-state index contributed by atoms with van der Waals surface area (Å²) in [4.78, 5) is 4.74. The molecule has 0 spiro atoms. The van der Waals surface area contributed by atoms with Gasteiger partial charge < -0.3 is 5.73 Å². The molecule has 1 aromatic carbocycles. The van der Waals surface area contributed by atoms with Crippen LogP contribution >= 0.6 is 23.1 Å². The van der Waals surface area contributed by atoms with Crippen LogP contribution in [-0.2, 0) is 0 Å². The van der Waals surface area contributed by atoms with Gasteiger partial charge in [0.05, 0.1) is 10.9 Å². The topological polar surface area (TPSA) is 38.9 Å². The number of para-hydroxylation sites is 1. The molecule has 1 aliphatic heterocycles. The molecule has 1 fully saturated rings. The van der Waals surface area contributed by atoms with Gasteiger partial charge in [-0.2, -0.15) is 11.8 Å². The van der Waals surface area contributed by atoms with E-state index >= 15 is 0 Å². The van der Waals surface area contributed by atoms with Crippen molar-refractivity contribution in [2.75, 3.05) is 11.5 Å². The molecule has 0 aliphatic carbocycles. The fourth-order valence-corrected chi connectivity index (χ4v) is 4.41. The van der Waals surface area contributed by atoms with Gasteiger partial charge in [0.15, 0.2) is 0 Å². The standard InChI is InChI=1S/C13H14N2S2/c14-10-5-2-1-4-9(10)11-8-17-13(15-11)12-6-3-7-16-12/h1-2,4-5,8,12H,3,6-7,14H2. The number of nitrogen functional groups attached to an aromatic ring is 1. The van der Waals surface area contributed by atoms with Crippen LogP contribution in [0.25, 0.3) is 11.3 Å². The van der Waals surface area contributed by atoms with Crippen molar-refractivity contribution in [3.8, 4) is 11.3 Å².